The Labute approximate surface area is 198 Å². The minimum Gasteiger partial charge on any atom is -0.356 e. The highest BCUT2D eigenvalue weighted by Gasteiger charge is 2.15. The van der Waals surface area contributed by atoms with Crippen molar-refractivity contribution in [3.05, 3.63) is 41.2 Å². The number of nitrogens with one attached hydrogen (secondary N) is 2. The van der Waals surface area contributed by atoms with Gasteiger partial charge in [-0.2, -0.15) is 0 Å². The lowest BCUT2D eigenvalue weighted by molar-refractivity contribution is 0.626. The first-order valence-electron chi connectivity index (χ1n) is 9.77. The number of rotatable bonds is 9. The molecular weight excluding hydrogens is 520 g/mol. The molecule has 0 amide bonds. The van der Waals surface area contributed by atoms with Crippen LogP contribution in [0.4, 0.5) is 9.52 Å². The van der Waals surface area contributed by atoms with Crippen molar-refractivity contribution in [2.45, 2.75) is 30.6 Å². The van der Waals surface area contributed by atoms with Gasteiger partial charge in [0.15, 0.2) is 11.1 Å². The summed E-state index contributed by atoms with van der Waals surface area (Å²) in [6, 6.07) is 6.65. The molecule has 5 nitrogen and oxygen atoms in total. The lowest BCUT2D eigenvalue weighted by Crippen LogP contribution is -2.38. The van der Waals surface area contributed by atoms with Crippen LogP contribution in [0.5, 0.6) is 0 Å². The summed E-state index contributed by atoms with van der Waals surface area (Å²) >= 11 is 3.49. The quantitative estimate of drug-likeness (QED) is 0.160. The molecular formula is C20H29FIN5S2. The molecule has 9 heteroatoms. The van der Waals surface area contributed by atoms with Gasteiger partial charge < -0.3 is 15.5 Å². The van der Waals surface area contributed by atoms with E-state index in [1.807, 2.05) is 12.1 Å². The first-order valence-corrected chi connectivity index (χ1v) is 11.6. The maximum atomic E-state index is 12.9. The molecule has 2 N–H and O–H groups in total. The largest absolute Gasteiger partial charge is 0.356 e. The second-order valence-electron chi connectivity index (χ2n) is 6.65. The van der Waals surface area contributed by atoms with Crippen molar-refractivity contribution < 1.29 is 4.39 Å². The number of thioether (sulfide) groups is 1. The summed E-state index contributed by atoms with van der Waals surface area (Å²) in [6.45, 7) is 3.94. The smallest absolute Gasteiger partial charge is 0.190 e. The van der Waals surface area contributed by atoms with Gasteiger partial charge >= 0.3 is 0 Å². The first kappa shape index (κ1) is 24.2. The molecule has 3 rings (SSSR count). The van der Waals surface area contributed by atoms with E-state index in [0.717, 1.165) is 66.5 Å². The van der Waals surface area contributed by atoms with E-state index in [2.05, 4.69) is 25.9 Å². The molecule has 1 aliphatic heterocycles. The first-order chi connectivity index (χ1) is 13.7. The van der Waals surface area contributed by atoms with Gasteiger partial charge in [-0.3, -0.25) is 4.99 Å². The highest BCUT2D eigenvalue weighted by Crippen LogP contribution is 2.24. The number of thiazole rings is 1. The zero-order valence-electron chi connectivity index (χ0n) is 16.7. The maximum Gasteiger partial charge on any atom is 0.190 e. The molecule has 0 unspecified atom stereocenters. The van der Waals surface area contributed by atoms with E-state index in [4.69, 9.17) is 4.98 Å². The van der Waals surface area contributed by atoms with Gasteiger partial charge in [-0.1, -0.05) is 0 Å². The van der Waals surface area contributed by atoms with E-state index in [9.17, 15) is 4.39 Å². The summed E-state index contributed by atoms with van der Waals surface area (Å²) in [5.74, 6) is 1.61. The van der Waals surface area contributed by atoms with E-state index < -0.39 is 0 Å². The summed E-state index contributed by atoms with van der Waals surface area (Å²) < 4.78 is 12.9. The third-order valence-electron chi connectivity index (χ3n) is 4.51. The fourth-order valence-corrected chi connectivity index (χ4v) is 4.76. The number of hydrogen-bond acceptors (Lipinski definition) is 5. The number of benzene rings is 1. The summed E-state index contributed by atoms with van der Waals surface area (Å²) in [5.41, 5.74) is 1.14. The highest BCUT2D eigenvalue weighted by molar-refractivity contribution is 14.0. The molecule has 0 spiro atoms. The minimum atomic E-state index is -0.189. The Balaban J connectivity index is 0.00000300. The van der Waals surface area contributed by atoms with E-state index in [1.165, 1.54) is 25.0 Å². The Kier molecular flexibility index (Phi) is 11.1. The zero-order valence-corrected chi connectivity index (χ0v) is 20.7. The molecule has 0 aliphatic carbocycles. The molecule has 1 aliphatic rings. The molecule has 2 aromatic rings. The van der Waals surface area contributed by atoms with Crippen molar-refractivity contribution >= 4 is 58.2 Å². The van der Waals surface area contributed by atoms with Crippen LogP contribution in [0, 0.1) is 5.82 Å². The van der Waals surface area contributed by atoms with E-state index in [0.29, 0.717) is 0 Å². The topological polar surface area (TPSA) is 52.6 Å². The van der Waals surface area contributed by atoms with Crippen LogP contribution in [0.3, 0.4) is 0 Å². The average molecular weight is 550 g/mol. The number of nitrogens with zero attached hydrogens (tertiary/aromatic N) is 3. The molecule has 2 heterocycles. The number of aromatic nitrogens is 1. The van der Waals surface area contributed by atoms with Crippen molar-refractivity contribution in [3.8, 4) is 0 Å². The zero-order chi connectivity index (χ0) is 19.6. The van der Waals surface area contributed by atoms with Crippen molar-refractivity contribution in [2.75, 3.05) is 43.9 Å². The maximum absolute atomic E-state index is 12.9. The Morgan fingerprint density at radius 1 is 1.21 bits per heavy atom. The summed E-state index contributed by atoms with van der Waals surface area (Å²) in [6.07, 6.45) is 4.46. The Hall–Kier alpha value is -1.07. The second kappa shape index (κ2) is 13.3. The van der Waals surface area contributed by atoms with Crippen LogP contribution in [-0.4, -0.2) is 49.9 Å². The summed E-state index contributed by atoms with van der Waals surface area (Å²) in [4.78, 5) is 12.5. The van der Waals surface area contributed by atoms with Gasteiger partial charge in [0.2, 0.25) is 0 Å². The van der Waals surface area contributed by atoms with Crippen molar-refractivity contribution in [2.24, 2.45) is 4.99 Å². The molecule has 0 atom stereocenters. The van der Waals surface area contributed by atoms with E-state index >= 15 is 0 Å². The van der Waals surface area contributed by atoms with Crippen LogP contribution < -0.4 is 15.5 Å². The van der Waals surface area contributed by atoms with Crippen molar-refractivity contribution in [1.82, 2.24) is 15.6 Å². The molecule has 0 saturated carbocycles. The Morgan fingerprint density at radius 2 is 1.93 bits per heavy atom. The monoisotopic (exact) mass is 549 g/mol. The fourth-order valence-electron chi connectivity index (χ4n) is 2.99. The Morgan fingerprint density at radius 3 is 2.66 bits per heavy atom. The van der Waals surface area contributed by atoms with Gasteiger partial charge in [0.25, 0.3) is 0 Å². The van der Waals surface area contributed by atoms with Crippen LogP contribution in [0.15, 0.2) is 39.5 Å². The van der Waals surface area contributed by atoms with Crippen LogP contribution in [0.2, 0.25) is 0 Å². The van der Waals surface area contributed by atoms with Crippen LogP contribution in [-0.2, 0) is 6.42 Å². The standard InChI is InChI=1S/C20H28FN5S2.HI/c1-22-19(23-10-4-14-27-18-7-5-16(21)6-8-18)24-11-9-17-15-28-20(25-17)26-12-2-3-13-26;/h5-8,15H,2-4,9-14H2,1H3,(H2,22,23,24);1H. The minimum absolute atomic E-state index is 0. The molecule has 1 aromatic carbocycles. The van der Waals surface area contributed by atoms with Gasteiger partial charge in [-0.05, 0) is 49.3 Å². The second-order valence-corrected chi connectivity index (χ2v) is 8.65. The van der Waals surface area contributed by atoms with Gasteiger partial charge in [0.05, 0.1) is 5.69 Å². The average Bonchev–Trinajstić information content (AvgIpc) is 3.39. The van der Waals surface area contributed by atoms with Crippen molar-refractivity contribution in [3.63, 3.8) is 0 Å². The molecule has 1 saturated heterocycles. The number of anilines is 1. The third-order valence-corrected chi connectivity index (χ3v) is 6.56. The van der Waals surface area contributed by atoms with Gasteiger partial charge in [0.1, 0.15) is 5.82 Å². The van der Waals surface area contributed by atoms with E-state index in [1.54, 1.807) is 30.1 Å². The fraction of sp³-hybridized carbons (Fsp3) is 0.500. The van der Waals surface area contributed by atoms with Crippen LogP contribution >= 0.6 is 47.1 Å². The molecule has 1 aromatic heterocycles. The normalized spacial score (nSPS) is 14.0. The SMILES string of the molecule is CN=C(NCCCSc1ccc(F)cc1)NCCc1csc(N2CCCC2)n1.I. The van der Waals surface area contributed by atoms with E-state index in [-0.39, 0.29) is 29.8 Å². The van der Waals surface area contributed by atoms with Gasteiger partial charge in [0, 0.05) is 49.9 Å². The highest BCUT2D eigenvalue weighted by atomic mass is 127. The molecule has 0 bridgehead atoms. The predicted octanol–water partition coefficient (Wildman–Crippen LogP) is 4.39. The summed E-state index contributed by atoms with van der Waals surface area (Å²) in [5, 5.41) is 10.0. The van der Waals surface area contributed by atoms with Gasteiger partial charge in [-0.25, -0.2) is 9.37 Å². The number of hydrogen-bond donors (Lipinski definition) is 2. The molecule has 0 radical (unpaired) electrons. The molecule has 160 valence electrons. The van der Waals surface area contributed by atoms with Crippen LogP contribution in [0.25, 0.3) is 0 Å². The van der Waals surface area contributed by atoms with Gasteiger partial charge in [-0.15, -0.1) is 47.1 Å². The molecule has 1 fully saturated rings. The van der Waals surface area contributed by atoms with Crippen molar-refractivity contribution in [1.29, 1.82) is 0 Å². The lowest BCUT2D eigenvalue weighted by Gasteiger charge is -2.12. The number of halogens is 2. The number of guanidine groups is 1. The van der Waals surface area contributed by atoms with Crippen LogP contribution in [0.1, 0.15) is 25.0 Å². The Bertz CT molecular complexity index is 748. The predicted molar refractivity (Wildman–Crippen MR) is 134 cm³/mol. The number of aliphatic imine (C=N–C) groups is 1. The third kappa shape index (κ3) is 8.29. The summed E-state index contributed by atoms with van der Waals surface area (Å²) in [7, 11) is 1.79. The molecule has 29 heavy (non-hydrogen) atoms. The lowest BCUT2D eigenvalue weighted by atomic mass is 10.3.